The highest BCUT2D eigenvalue weighted by Crippen LogP contribution is 2.36. The molecule has 6 heteroatoms. The van der Waals surface area contributed by atoms with Crippen molar-refractivity contribution in [1.29, 1.82) is 0 Å². The first-order valence-corrected chi connectivity index (χ1v) is 7.60. The van der Waals surface area contributed by atoms with Gasteiger partial charge in [-0.3, -0.25) is 15.0 Å². The number of rotatable bonds is 1. The first-order valence-electron chi connectivity index (χ1n) is 7.60. The SMILES string of the molecule is O=C1NN(c2ncnc3ccccc23)C(=O)[C@H]2CCCC[C@@H]12. The van der Waals surface area contributed by atoms with Crippen LogP contribution in [0.5, 0.6) is 0 Å². The fourth-order valence-electron chi connectivity index (χ4n) is 3.48. The number of carbonyl (C=O) groups excluding carboxylic acids is 2. The Kier molecular flexibility index (Phi) is 3.03. The molecule has 22 heavy (non-hydrogen) atoms. The van der Waals surface area contributed by atoms with E-state index in [-0.39, 0.29) is 23.7 Å². The summed E-state index contributed by atoms with van der Waals surface area (Å²) in [6.45, 7) is 0. The molecule has 0 unspecified atom stereocenters. The van der Waals surface area contributed by atoms with Crippen LogP contribution >= 0.6 is 0 Å². The molecule has 2 heterocycles. The maximum Gasteiger partial charge on any atom is 0.251 e. The molecule has 2 atom stereocenters. The second-order valence-corrected chi connectivity index (χ2v) is 5.86. The summed E-state index contributed by atoms with van der Waals surface area (Å²) in [4.78, 5) is 33.6. The minimum Gasteiger partial charge on any atom is -0.273 e. The van der Waals surface area contributed by atoms with Crippen molar-refractivity contribution in [2.24, 2.45) is 11.8 Å². The Balaban J connectivity index is 1.78. The third-order valence-corrected chi connectivity index (χ3v) is 4.60. The number of para-hydroxylation sites is 1. The van der Waals surface area contributed by atoms with Gasteiger partial charge < -0.3 is 0 Å². The van der Waals surface area contributed by atoms with Crippen LogP contribution in [-0.4, -0.2) is 21.8 Å². The molecule has 1 saturated carbocycles. The lowest BCUT2D eigenvalue weighted by molar-refractivity contribution is -0.141. The van der Waals surface area contributed by atoms with Crippen molar-refractivity contribution in [2.45, 2.75) is 25.7 Å². The molecule has 1 aliphatic carbocycles. The molecule has 2 aromatic rings. The third-order valence-electron chi connectivity index (χ3n) is 4.60. The number of carbonyl (C=O) groups is 2. The van der Waals surface area contributed by atoms with Crippen molar-refractivity contribution >= 4 is 28.5 Å². The average molecular weight is 296 g/mol. The molecule has 1 saturated heterocycles. The van der Waals surface area contributed by atoms with E-state index in [1.165, 1.54) is 11.3 Å². The Morgan fingerprint density at radius 3 is 2.68 bits per heavy atom. The quantitative estimate of drug-likeness (QED) is 0.871. The second kappa shape index (κ2) is 5.05. The van der Waals surface area contributed by atoms with Gasteiger partial charge in [0, 0.05) is 5.39 Å². The van der Waals surface area contributed by atoms with Crippen molar-refractivity contribution in [3.8, 4) is 0 Å². The maximum absolute atomic E-state index is 12.8. The summed E-state index contributed by atoms with van der Waals surface area (Å²) < 4.78 is 0. The Labute approximate surface area is 127 Å². The van der Waals surface area contributed by atoms with E-state index >= 15 is 0 Å². The zero-order chi connectivity index (χ0) is 15.1. The van der Waals surface area contributed by atoms with Crippen molar-refractivity contribution in [3.05, 3.63) is 30.6 Å². The van der Waals surface area contributed by atoms with Crippen molar-refractivity contribution in [1.82, 2.24) is 15.4 Å². The molecule has 6 nitrogen and oxygen atoms in total. The summed E-state index contributed by atoms with van der Waals surface area (Å²) in [6.07, 6.45) is 5.00. The second-order valence-electron chi connectivity index (χ2n) is 5.86. The van der Waals surface area contributed by atoms with Crippen LogP contribution < -0.4 is 10.4 Å². The highest BCUT2D eigenvalue weighted by molar-refractivity contribution is 6.07. The molecular formula is C16H16N4O2. The topological polar surface area (TPSA) is 75.2 Å². The summed E-state index contributed by atoms with van der Waals surface area (Å²) >= 11 is 0. The molecule has 1 aliphatic heterocycles. The van der Waals surface area contributed by atoms with E-state index in [1.54, 1.807) is 0 Å². The molecule has 0 radical (unpaired) electrons. The van der Waals surface area contributed by atoms with Crippen LogP contribution in [0.1, 0.15) is 25.7 Å². The van der Waals surface area contributed by atoms with Gasteiger partial charge in [-0.05, 0) is 25.0 Å². The number of hydrogen-bond donors (Lipinski definition) is 1. The van der Waals surface area contributed by atoms with Crippen LogP contribution in [0, 0.1) is 11.8 Å². The zero-order valence-corrected chi connectivity index (χ0v) is 12.0. The van der Waals surface area contributed by atoms with Gasteiger partial charge in [0.05, 0.1) is 17.4 Å². The summed E-state index contributed by atoms with van der Waals surface area (Å²) in [6, 6.07) is 7.47. The number of fused-ring (bicyclic) bond motifs is 2. The largest absolute Gasteiger partial charge is 0.273 e. The fourth-order valence-corrected chi connectivity index (χ4v) is 3.48. The van der Waals surface area contributed by atoms with Gasteiger partial charge in [0.1, 0.15) is 6.33 Å². The van der Waals surface area contributed by atoms with Gasteiger partial charge in [-0.2, -0.15) is 0 Å². The number of nitrogens with one attached hydrogen (secondary N) is 1. The van der Waals surface area contributed by atoms with E-state index in [0.717, 1.165) is 36.6 Å². The maximum atomic E-state index is 12.8. The normalized spacial score (nSPS) is 25.0. The minimum absolute atomic E-state index is 0.0619. The summed E-state index contributed by atoms with van der Waals surface area (Å²) in [5.41, 5.74) is 3.48. The number of benzene rings is 1. The van der Waals surface area contributed by atoms with Crippen molar-refractivity contribution < 1.29 is 9.59 Å². The monoisotopic (exact) mass is 296 g/mol. The first kappa shape index (κ1) is 13.2. The highest BCUT2D eigenvalue weighted by Gasteiger charge is 2.44. The molecule has 112 valence electrons. The summed E-state index contributed by atoms with van der Waals surface area (Å²) in [5, 5.41) is 2.08. The minimum atomic E-state index is -0.226. The highest BCUT2D eigenvalue weighted by atomic mass is 16.2. The van der Waals surface area contributed by atoms with Gasteiger partial charge in [0.15, 0.2) is 5.82 Å². The smallest absolute Gasteiger partial charge is 0.251 e. The Morgan fingerprint density at radius 2 is 1.82 bits per heavy atom. The van der Waals surface area contributed by atoms with Crippen LogP contribution in [0.15, 0.2) is 30.6 Å². The molecule has 0 spiro atoms. The van der Waals surface area contributed by atoms with Gasteiger partial charge in [0.25, 0.3) is 5.91 Å². The molecule has 1 aromatic carbocycles. The van der Waals surface area contributed by atoms with Crippen LogP contribution in [0.25, 0.3) is 10.9 Å². The van der Waals surface area contributed by atoms with Crippen molar-refractivity contribution in [3.63, 3.8) is 0 Å². The number of aromatic nitrogens is 2. The fraction of sp³-hybridized carbons (Fsp3) is 0.375. The molecule has 0 bridgehead atoms. The molecule has 2 fully saturated rings. The number of anilines is 1. The lowest BCUT2D eigenvalue weighted by Crippen LogP contribution is -2.60. The molecular weight excluding hydrogens is 280 g/mol. The first-order chi connectivity index (χ1) is 10.8. The van der Waals surface area contributed by atoms with Crippen molar-refractivity contribution in [2.75, 3.05) is 5.01 Å². The lowest BCUT2D eigenvalue weighted by Gasteiger charge is -2.39. The predicted octanol–water partition coefficient (Wildman–Crippen LogP) is 1.81. The van der Waals surface area contributed by atoms with Gasteiger partial charge in [0.2, 0.25) is 5.91 Å². The molecule has 4 rings (SSSR count). The van der Waals surface area contributed by atoms with E-state index in [4.69, 9.17) is 0 Å². The number of hydrogen-bond acceptors (Lipinski definition) is 4. The zero-order valence-electron chi connectivity index (χ0n) is 12.0. The van der Waals surface area contributed by atoms with E-state index in [1.807, 2.05) is 24.3 Å². The van der Waals surface area contributed by atoms with Crippen LogP contribution in [0.3, 0.4) is 0 Å². The third kappa shape index (κ3) is 1.94. The van der Waals surface area contributed by atoms with E-state index in [9.17, 15) is 9.59 Å². The predicted molar refractivity (Wildman–Crippen MR) is 80.6 cm³/mol. The Morgan fingerprint density at radius 1 is 1.05 bits per heavy atom. The van der Waals surface area contributed by atoms with Gasteiger partial charge in [-0.25, -0.2) is 15.0 Å². The Hall–Kier alpha value is -2.50. The standard InChI is InChI=1S/C16H16N4O2/c21-15-10-5-1-2-6-11(10)16(22)20(19-15)14-12-7-3-4-8-13(12)17-9-18-14/h3-4,7-11H,1-2,5-6H2,(H,19,21)/t10-,11+/m1/s1. The van der Waals surface area contributed by atoms with E-state index in [2.05, 4.69) is 15.4 Å². The number of hydrazine groups is 1. The summed E-state index contributed by atoms with van der Waals surface area (Å²) in [7, 11) is 0. The molecule has 2 amide bonds. The lowest BCUT2D eigenvalue weighted by atomic mass is 9.77. The molecule has 2 aliphatic rings. The van der Waals surface area contributed by atoms with E-state index in [0.29, 0.717) is 5.82 Å². The number of amides is 2. The van der Waals surface area contributed by atoms with Crippen LogP contribution in [-0.2, 0) is 9.59 Å². The average Bonchev–Trinajstić information content (AvgIpc) is 2.58. The van der Waals surface area contributed by atoms with Gasteiger partial charge >= 0.3 is 0 Å². The Bertz CT molecular complexity index is 755. The van der Waals surface area contributed by atoms with Gasteiger partial charge in [-0.1, -0.05) is 25.0 Å². The molecule has 1 aromatic heterocycles. The number of nitrogens with zero attached hydrogens (tertiary/aromatic N) is 3. The van der Waals surface area contributed by atoms with E-state index < -0.39 is 0 Å². The van der Waals surface area contributed by atoms with Crippen LogP contribution in [0.4, 0.5) is 5.82 Å². The van der Waals surface area contributed by atoms with Gasteiger partial charge in [-0.15, -0.1) is 0 Å². The summed E-state index contributed by atoms with van der Waals surface area (Å²) in [5.74, 6) is -0.102. The van der Waals surface area contributed by atoms with Crippen LogP contribution in [0.2, 0.25) is 0 Å². The molecule has 1 N–H and O–H groups in total.